The molecule has 7 heteroatoms. The second-order valence-corrected chi connectivity index (χ2v) is 9.76. The highest BCUT2D eigenvalue weighted by atomic mass is 35.5. The molecule has 0 spiro atoms. The number of halogens is 1. The first-order chi connectivity index (χ1) is 13.3. The Hall–Kier alpha value is -1.89. The van der Waals surface area contributed by atoms with Crippen LogP contribution in [0.1, 0.15) is 38.2 Å². The Balaban J connectivity index is 1.74. The highest BCUT2D eigenvalue weighted by Crippen LogP contribution is 2.28. The third-order valence-corrected chi connectivity index (χ3v) is 7.18. The molecule has 2 aromatic carbocycles. The van der Waals surface area contributed by atoms with Crippen LogP contribution in [-0.4, -0.2) is 31.7 Å². The van der Waals surface area contributed by atoms with Crippen molar-refractivity contribution in [2.75, 3.05) is 18.4 Å². The average Bonchev–Trinajstić information content (AvgIpc) is 2.68. The molecule has 0 aliphatic carbocycles. The fourth-order valence-corrected chi connectivity index (χ4v) is 5.13. The number of rotatable bonds is 5. The quantitative estimate of drug-likeness (QED) is 0.774. The molecule has 0 radical (unpaired) electrons. The molecular formula is C21H25ClN2O3S. The van der Waals surface area contributed by atoms with E-state index in [0.29, 0.717) is 24.4 Å². The minimum Gasteiger partial charge on any atom is -0.326 e. The van der Waals surface area contributed by atoms with Crippen molar-refractivity contribution in [3.8, 4) is 0 Å². The number of hydrogen-bond donors (Lipinski definition) is 1. The Labute approximate surface area is 171 Å². The minimum absolute atomic E-state index is 0.135. The van der Waals surface area contributed by atoms with Gasteiger partial charge in [-0.1, -0.05) is 43.6 Å². The molecule has 3 rings (SSSR count). The molecule has 1 N–H and O–H groups in total. The molecule has 1 aliphatic heterocycles. The van der Waals surface area contributed by atoms with Crippen LogP contribution in [0.15, 0.2) is 53.4 Å². The van der Waals surface area contributed by atoms with Crippen LogP contribution in [0.25, 0.3) is 0 Å². The van der Waals surface area contributed by atoms with E-state index in [1.165, 1.54) is 16.4 Å². The van der Waals surface area contributed by atoms with Gasteiger partial charge in [-0.3, -0.25) is 4.79 Å². The maximum atomic E-state index is 12.9. The molecule has 28 heavy (non-hydrogen) atoms. The second kappa shape index (κ2) is 8.64. The number of piperidine rings is 1. The molecule has 0 aromatic heterocycles. The van der Waals surface area contributed by atoms with Crippen molar-refractivity contribution in [2.24, 2.45) is 5.92 Å². The van der Waals surface area contributed by atoms with Gasteiger partial charge in [0.2, 0.25) is 15.9 Å². The van der Waals surface area contributed by atoms with Crippen LogP contribution in [0.3, 0.4) is 0 Å². The van der Waals surface area contributed by atoms with Crippen molar-refractivity contribution in [3.05, 3.63) is 59.1 Å². The van der Waals surface area contributed by atoms with Crippen LogP contribution < -0.4 is 5.32 Å². The highest BCUT2D eigenvalue weighted by molar-refractivity contribution is 7.89. The molecular weight excluding hydrogens is 396 g/mol. The van der Waals surface area contributed by atoms with E-state index < -0.39 is 10.0 Å². The highest BCUT2D eigenvalue weighted by Gasteiger charge is 2.33. The average molecular weight is 421 g/mol. The summed E-state index contributed by atoms with van der Waals surface area (Å²) in [6.45, 7) is 4.75. The predicted octanol–water partition coefficient (Wildman–Crippen LogP) is 4.50. The van der Waals surface area contributed by atoms with E-state index in [4.69, 9.17) is 11.6 Å². The SMILES string of the molecule is CC(C)c1ccccc1NC(=O)C1CCCN(S(=O)(=O)c2ccc(Cl)cc2)C1. The van der Waals surface area contributed by atoms with E-state index in [2.05, 4.69) is 19.2 Å². The molecule has 1 unspecified atom stereocenters. The number of para-hydroxylation sites is 1. The maximum absolute atomic E-state index is 12.9. The van der Waals surface area contributed by atoms with Crippen LogP contribution in [0, 0.1) is 5.92 Å². The number of carbonyl (C=O) groups is 1. The Bertz CT molecular complexity index is 942. The summed E-state index contributed by atoms with van der Waals surface area (Å²) >= 11 is 5.86. The van der Waals surface area contributed by atoms with Gasteiger partial charge in [0.25, 0.3) is 0 Å². The fourth-order valence-electron chi connectivity index (χ4n) is 3.48. The molecule has 1 heterocycles. The van der Waals surface area contributed by atoms with Gasteiger partial charge in [0, 0.05) is 23.8 Å². The number of amides is 1. The van der Waals surface area contributed by atoms with Crippen molar-refractivity contribution >= 4 is 33.2 Å². The van der Waals surface area contributed by atoms with Crippen LogP contribution in [0.5, 0.6) is 0 Å². The third kappa shape index (κ3) is 4.57. The summed E-state index contributed by atoms with van der Waals surface area (Å²) in [6, 6.07) is 13.8. The maximum Gasteiger partial charge on any atom is 0.243 e. The van der Waals surface area contributed by atoms with Crippen molar-refractivity contribution in [3.63, 3.8) is 0 Å². The molecule has 0 bridgehead atoms. The zero-order chi connectivity index (χ0) is 20.3. The molecule has 1 saturated heterocycles. The Morgan fingerprint density at radius 2 is 1.82 bits per heavy atom. The predicted molar refractivity (Wildman–Crippen MR) is 112 cm³/mol. The van der Waals surface area contributed by atoms with Crippen molar-refractivity contribution in [1.82, 2.24) is 4.31 Å². The van der Waals surface area contributed by atoms with E-state index >= 15 is 0 Å². The summed E-state index contributed by atoms with van der Waals surface area (Å²) in [6.07, 6.45) is 1.32. The van der Waals surface area contributed by atoms with Gasteiger partial charge in [-0.25, -0.2) is 8.42 Å². The van der Waals surface area contributed by atoms with Gasteiger partial charge in [-0.2, -0.15) is 4.31 Å². The topological polar surface area (TPSA) is 66.5 Å². The number of hydrogen-bond acceptors (Lipinski definition) is 3. The molecule has 150 valence electrons. The molecule has 5 nitrogen and oxygen atoms in total. The fraction of sp³-hybridized carbons (Fsp3) is 0.381. The summed E-state index contributed by atoms with van der Waals surface area (Å²) in [5.41, 5.74) is 1.86. The molecule has 2 aromatic rings. The van der Waals surface area contributed by atoms with Gasteiger partial charge < -0.3 is 5.32 Å². The largest absolute Gasteiger partial charge is 0.326 e. The van der Waals surface area contributed by atoms with Crippen molar-refractivity contribution in [2.45, 2.75) is 37.5 Å². The Kier molecular flexibility index (Phi) is 6.43. The molecule has 1 amide bonds. The first-order valence-corrected chi connectivity index (χ1v) is 11.3. The Morgan fingerprint density at radius 1 is 1.14 bits per heavy atom. The van der Waals surface area contributed by atoms with Gasteiger partial charge in [-0.05, 0) is 54.7 Å². The number of carbonyl (C=O) groups excluding carboxylic acids is 1. The summed E-state index contributed by atoms with van der Waals surface area (Å²) < 4.78 is 27.2. The number of nitrogens with zero attached hydrogens (tertiary/aromatic N) is 1. The van der Waals surface area contributed by atoms with Crippen molar-refractivity contribution in [1.29, 1.82) is 0 Å². The summed E-state index contributed by atoms with van der Waals surface area (Å²) in [5.74, 6) is -0.232. The van der Waals surface area contributed by atoms with E-state index in [-0.39, 0.29) is 29.2 Å². The van der Waals surface area contributed by atoms with E-state index in [1.807, 2.05) is 24.3 Å². The van der Waals surface area contributed by atoms with Crippen molar-refractivity contribution < 1.29 is 13.2 Å². The first kappa shape index (κ1) is 20.8. The monoisotopic (exact) mass is 420 g/mol. The molecule has 1 atom stereocenters. The first-order valence-electron chi connectivity index (χ1n) is 9.44. The van der Waals surface area contributed by atoms with Crippen LogP contribution in [0.2, 0.25) is 5.02 Å². The van der Waals surface area contributed by atoms with E-state index in [9.17, 15) is 13.2 Å². The zero-order valence-corrected chi connectivity index (χ0v) is 17.6. The lowest BCUT2D eigenvalue weighted by Crippen LogP contribution is -2.43. The number of sulfonamides is 1. The third-order valence-electron chi connectivity index (χ3n) is 5.05. The summed E-state index contributed by atoms with van der Waals surface area (Å²) in [7, 11) is -3.64. The normalized spacial score (nSPS) is 18.2. The van der Waals surface area contributed by atoms with E-state index in [0.717, 1.165) is 11.3 Å². The second-order valence-electron chi connectivity index (χ2n) is 7.39. The molecule has 1 aliphatic rings. The number of nitrogens with one attached hydrogen (secondary N) is 1. The Morgan fingerprint density at radius 3 is 2.50 bits per heavy atom. The number of anilines is 1. The van der Waals surface area contributed by atoms with Gasteiger partial charge >= 0.3 is 0 Å². The zero-order valence-electron chi connectivity index (χ0n) is 16.1. The lowest BCUT2D eigenvalue weighted by Gasteiger charge is -2.31. The lowest BCUT2D eigenvalue weighted by atomic mass is 9.97. The van der Waals surface area contributed by atoms with Gasteiger partial charge in [-0.15, -0.1) is 0 Å². The van der Waals surface area contributed by atoms with Crippen LogP contribution >= 0.6 is 11.6 Å². The van der Waals surface area contributed by atoms with E-state index in [1.54, 1.807) is 12.1 Å². The number of benzene rings is 2. The van der Waals surface area contributed by atoms with Crippen LogP contribution in [0.4, 0.5) is 5.69 Å². The summed E-state index contributed by atoms with van der Waals surface area (Å²) in [5, 5.41) is 3.49. The lowest BCUT2D eigenvalue weighted by molar-refractivity contribution is -0.120. The van der Waals surface area contributed by atoms with Gasteiger partial charge in [0.05, 0.1) is 10.8 Å². The molecule has 1 fully saturated rings. The summed E-state index contributed by atoms with van der Waals surface area (Å²) in [4.78, 5) is 13.0. The van der Waals surface area contributed by atoms with Gasteiger partial charge in [0.1, 0.15) is 0 Å². The van der Waals surface area contributed by atoms with Crippen LogP contribution in [-0.2, 0) is 14.8 Å². The standard InChI is InChI=1S/C21H25ClN2O3S/c1-15(2)19-7-3-4-8-20(19)23-21(25)16-6-5-13-24(14-16)28(26,27)18-11-9-17(22)10-12-18/h3-4,7-12,15-16H,5-6,13-14H2,1-2H3,(H,23,25). The smallest absolute Gasteiger partial charge is 0.243 e. The van der Waals surface area contributed by atoms with Gasteiger partial charge in [0.15, 0.2) is 0 Å². The molecule has 0 saturated carbocycles. The minimum atomic E-state index is -3.64.